The van der Waals surface area contributed by atoms with E-state index in [9.17, 15) is 8.78 Å². The summed E-state index contributed by atoms with van der Waals surface area (Å²) in [6.45, 7) is 5.33. The highest BCUT2D eigenvalue weighted by atomic mass is 19.2. The largest absolute Gasteiger partial charge is 0.356 e. The molecule has 0 aliphatic carbocycles. The summed E-state index contributed by atoms with van der Waals surface area (Å²) < 4.78 is 32.4. The molecule has 1 atom stereocenters. The van der Waals surface area contributed by atoms with Crippen LogP contribution in [-0.4, -0.2) is 26.8 Å². The molecule has 1 fully saturated rings. The molecule has 0 unspecified atom stereocenters. The van der Waals surface area contributed by atoms with Crippen molar-refractivity contribution in [1.82, 2.24) is 20.3 Å². The average molecular weight is 372 g/mol. The maximum absolute atomic E-state index is 13.6. The number of nitrogens with one attached hydrogen (secondary N) is 1. The molecule has 0 spiro atoms. The van der Waals surface area contributed by atoms with Gasteiger partial charge in [-0.15, -0.1) is 0 Å². The van der Waals surface area contributed by atoms with E-state index in [1.807, 2.05) is 13.8 Å². The molecule has 1 aliphatic heterocycles. The Kier molecular flexibility index (Phi) is 4.78. The van der Waals surface area contributed by atoms with Gasteiger partial charge in [0.2, 0.25) is 0 Å². The summed E-state index contributed by atoms with van der Waals surface area (Å²) >= 11 is 0. The van der Waals surface area contributed by atoms with Crippen LogP contribution in [0.25, 0.3) is 11.3 Å². The number of halogens is 2. The number of hydrogen-bond acceptors (Lipinski definition) is 4. The van der Waals surface area contributed by atoms with Gasteiger partial charge in [0.15, 0.2) is 17.4 Å². The third-order valence-corrected chi connectivity index (χ3v) is 5.39. The van der Waals surface area contributed by atoms with Crippen molar-refractivity contribution in [1.29, 1.82) is 0 Å². The zero-order chi connectivity index (χ0) is 19.0. The second-order valence-electron chi connectivity index (χ2n) is 7.15. The molecular formula is C20H22F2N4O. The van der Waals surface area contributed by atoms with Crippen molar-refractivity contribution in [3.8, 4) is 11.3 Å². The van der Waals surface area contributed by atoms with Crippen LogP contribution < -0.4 is 0 Å². The molecule has 0 radical (unpaired) electrons. The minimum absolute atomic E-state index is 0.106. The zero-order valence-corrected chi connectivity index (χ0v) is 15.4. The van der Waals surface area contributed by atoms with Gasteiger partial charge in [0, 0.05) is 12.1 Å². The number of rotatable bonds is 4. The van der Waals surface area contributed by atoms with Crippen LogP contribution >= 0.6 is 0 Å². The SMILES string of the molecule is Cc1noc(-c2cn[nH]c2[C@H]2CCCCN2Cc2ccc(F)c(F)c2)c1C. The van der Waals surface area contributed by atoms with Gasteiger partial charge in [0.05, 0.1) is 29.2 Å². The van der Waals surface area contributed by atoms with E-state index in [-0.39, 0.29) is 6.04 Å². The van der Waals surface area contributed by atoms with Gasteiger partial charge in [-0.25, -0.2) is 8.78 Å². The Bertz CT molecular complexity index is 949. The molecule has 0 bridgehead atoms. The molecule has 7 heteroatoms. The Labute approximate surface area is 156 Å². The standard InChI is InChI=1S/C20H22F2N4O/c1-12-13(2)25-27-20(12)15-10-23-24-19(15)18-5-3-4-8-26(18)11-14-6-7-16(21)17(22)9-14/h6-7,9-10,18H,3-5,8,11H2,1-2H3,(H,23,24)/t18-/m1/s1. The molecule has 0 saturated carbocycles. The number of aromatic nitrogens is 3. The van der Waals surface area contributed by atoms with Crippen molar-refractivity contribution in [2.45, 2.75) is 45.7 Å². The van der Waals surface area contributed by atoms with Gasteiger partial charge < -0.3 is 4.52 Å². The summed E-state index contributed by atoms with van der Waals surface area (Å²) in [5.41, 5.74) is 4.51. The maximum Gasteiger partial charge on any atom is 0.173 e. The second kappa shape index (κ2) is 7.23. The smallest absolute Gasteiger partial charge is 0.173 e. The lowest BCUT2D eigenvalue weighted by Crippen LogP contribution is -2.33. The fourth-order valence-corrected chi connectivity index (χ4v) is 3.78. The highest BCUT2D eigenvalue weighted by molar-refractivity contribution is 5.64. The number of likely N-dealkylation sites (tertiary alicyclic amines) is 1. The summed E-state index contributed by atoms with van der Waals surface area (Å²) in [5, 5.41) is 11.4. The monoisotopic (exact) mass is 372 g/mol. The molecule has 3 heterocycles. The first-order valence-electron chi connectivity index (χ1n) is 9.19. The van der Waals surface area contributed by atoms with Gasteiger partial charge >= 0.3 is 0 Å². The molecule has 2 aromatic heterocycles. The fourth-order valence-electron chi connectivity index (χ4n) is 3.78. The van der Waals surface area contributed by atoms with Crippen molar-refractivity contribution in [2.75, 3.05) is 6.54 Å². The van der Waals surface area contributed by atoms with E-state index in [4.69, 9.17) is 4.52 Å². The number of piperidine rings is 1. The molecule has 3 aromatic rings. The summed E-state index contributed by atoms with van der Waals surface area (Å²) in [6, 6.07) is 4.21. The molecule has 142 valence electrons. The van der Waals surface area contributed by atoms with Gasteiger partial charge in [0.25, 0.3) is 0 Å². The van der Waals surface area contributed by atoms with E-state index in [1.54, 1.807) is 12.3 Å². The first kappa shape index (κ1) is 17.9. The molecule has 1 saturated heterocycles. The number of aryl methyl sites for hydroxylation is 1. The highest BCUT2D eigenvalue weighted by Crippen LogP contribution is 2.37. The van der Waals surface area contributed by atoms with Crippen molar-refractivity contribution in [3.05, 3.63) is 58.5 Å². The first-order chi connectivity index (χ1) is 13.0. The number of nitrogens with zero attached hydrogens (tertiary/aromatic N) is 3. The van der Waals surface area contributed by atoms with Gasteiger partial charge in [-0.05, 0) is 50.9 Å². The van der Waals surface area contributed by atoms with E-state index in [1.165, 1.54) is 12.1 Å². The van der Waals surface area contributed by atoms with Crippen LogP contribution in [0, 0.1) is 25.5 Å². The Morgan fingerprint density at radius 3 is 2.81 bits per heavy atom. The van der Waals surface area contributed by atoms with Gasteiger partial charge in [0.1, 0.15) is 0 Å². The molecular weight excluding hydrogens is 350 g/mol. The molecule has 1 aromatic carbocycles. The molecule has 1 aliphatic rings. The predicted octanol–water partition coefficient (Wildman–Crippen LogP) is 4.69. The van der Waals surface area contributed by atoms with Crippen LogP contribution in [0.1, 0.15) is 47.8 Å². The quantitative estimate of drug-likeness (QED) is 0.722. The van der Waals surface area contributed by atoms with E-state index in [2.05, 4.69) is 20.3 Å². The normalized spacial score (nSPS) is 18.1. The summed E-state index contributed by atoms with van der Waals surface area (Å²) in [7, 11) is 0. The minimum atomic E-state index is -0.819. The lowest BCUT2D eigenvalue weighted by atomic mass is 9.95. The Morgan fingerprint density at radius 1 is 1.22 bits per heavy atom. The van der Waals surface area contributed by atoms with Crippen LogP contribution in [0.2, 0.25) is 0 Å². The molecule has 1 N–H and O–H groups in total. The third kappa shape index (κ3) is 3.39. The Hall–Kier alpha value is -2.54. The summed E-state index contributed by atoms with van der Waals surface area (Å²) in [4.78, 5) is 2.28. The van der Waals surface area contributed by atoms with Crippen molar-refractivity contribution >= 4 is 0 Å². The van der Waals surface area contributed by atoms with Crippen LogP contribution in [0.3, 0.4) is 0 Å². The minimum Gasteiger partial charge on any atom is -0.356 e. The topological polar surface area (TPSA) is 58.0 Å². The van der Waals surface area contributed by atoms with Gasteiger partial charge in [-0.2, -0.15) is 5.10 Å². The molecule has 27 heavy (non-hydrogen) atoms. The Morgan fingerprint density at radius 2 is 2.07 bits per heavy atom. The summed E-state index contributed by atoms with van der Waals surface area (Å²) in [5.74, 6) is -0.897. The highest BCUT2D eigenvalue weighted by Gasteiger charge is 2.29. The van der Waals surface area contributed by atoms with Gasteiger partial charge in [-0.1, -0.05) is 17.6 Å². The third-order valence-electron chi connectivity index (χ3n) is 5.39. The Balaban J connectivity index is 1.64. The lowest BCUT2D eigenvalue weighted by Gasteiger charge is -2.35. The van der Waals surface area contributed by atoms with Crippen LogP contribution in [-0.2, 0) is 6.54 Å². The number of hydrogen-bond donors (Lipinski definition) is 1. The lowest BCUT2D eigenvalue weighted by molar-refractivity contribution is 0.137. The van der Waals surface area contributed by atoms with Crippen molar-refractivity contribution in [3.63, 3.8) is 0 Å². The van der Waals surface area contributed by atoms with E-state index in [0.717, 1.165) is 59.6 Å². The summed E-state index contributed by atoms with van der Waals surface area (Å²) in [6.07, 6.45) is 4.91. The van der Waals surface area contributed by atoms with E-state index in [0.29, 0.717) is 6.54 Å². The van der Waals surface area contributed by atoms with Gasteiger partial charge in [-0.3, -0.25) is 10.00 Å². The molecule has 4 rings (SSSR count). The number of benzene rings is 1. The number of aromatic amines is 1. The van der Waals surface area contributed by atoms with Crippen LogP contribution in [0.5, 0.6) is 0 Å². The number of H-pyrrole nitrogens is 1. The van der Waals surface area contributed by atoms with E-state index < -0.39 is 11.6 Å². The zero-order valence-electron chi connectivity index (χ0n) is 15.4. The maximum atomic E-state index is 13.6. The second-order valence-corrected chi connectivity index (χ2v) is 7.15. The fraction of sp³-hybridized carbons (Fsp3) is 0.400. The van der Waals surface area contributed by atoms with Crippen LogP contribution in [0.4, 0.5) is 8.78 Å². The average Bonchev–Trinajstić information content (AvgIpc) is 3.26. The first-order valence-corrected chi connectivity index (χ1v) is 9.19. The van der Waals surface area contributed by atoms with Crippen molar-refractivity contribution in [2.24, 2.45) is 0 Å². The predicted molar refractivity (Wildman–Crippen MR) is 96.9 cm³/mol. The van der Waals surface area contributed by atoms with Crippen LogP contribution in [0.15, 0.2) is 28.9 Å². The van der Waals surface area contributed by atoms with E-state index >= 15 is 0 Å². The molecule has 5 nitrogen and oxygen atoms in total. The van der Waals surface area contributed by atoms with Crippen molar-refractivity contribution < 1.29 is 13.3 Å². The molecule has 0 amide bonds.